The number of aliphatic imine (C=N–C) groups is 1. The van der Waals surface area contributed by atoms with Crippen molar-refractivity contribution in [3.63, 3.8) is 0 Å². The number of carbonyl (C=O) groups is 1. The molecule has 1 atom stereocenters. The molecule has 5 nitrogen and oxygen atoms in total. The molecule has 0 unspecified atom stereocenters. The number of hydrogen-bond acceptors (Lipinski definition) is 4. The van der Waals surface area contributed by atoms with Gasteiger partial charge >= 0.3 is 6.18 Å². The van der Waals surface area contributed by atoms with Gasteiger partial charge in [0.2, 0.25) is 0 Å². The predicted octanol–water partition coefficient (Wildman–Crippen LogP) is 4.69. The quantitative estimate of drug-likeness (QED) is 0.660. The van der Waals surface area contributed by atoms with Crippen LogP contribution in [0.1, 0.15) is 44.4 Å². The second-order valence-electron chi connectivity index (χ2n) is 8.92. The first-order chi connectivity index (χ1) is 15.5. The number of alkyl halides is 3. The van der Waals surface area contributed by atoms with Gasteiger partial charge in [-0.05, 0) is 50.5 Å². The Kier molecular flexibility index (Phi) is 5.94. The number of allylic oxidation sites excluding steroid dienone is 2. The van der Waals surface area contributed by atoms with Crippen molar-refractivity contribution < 1.29 is 27.1 Å². The Labute approximate surface area is 189 Å². The van der Waals surface area contributed by atoms with Gasteiger partial charge in [0.25, 0.3) is 5.91 Å². The number of carbonyl (C=O) groups excluding carboxylic acids is 1. The van der Waals surface area contributed by atoms with Crippen LogP contribution in [0, 0.1) is 5.82 Å². The maximum Gasteiger partial charge on any atom is 0.419 e. The van der Waals surface area contributed by atoms with Crippen molar-refractivity contribution in [2.24, 2.45) is 4.99 Å². The third-order valence-electron chi connectivity index (χ3n) is 6.03. The average molecular weight is 463 g/mol. The number of ether oxygens (including phenoxy) is 1. The van der Waals surface area contributed by atoms with E-state index in [9.17, 15) is 22.4 Å². The van der Waals surface area contributed by atoms with Crippen molar-refractivity contribution >= 4 is 11.7 Å². The largest absolute Gasteiger partial charge is 0.419 e. The highest BCUT2D eigenvalue weighted by atomic mass is 19.4. The fraction of sp³-hybridized carbons (Fsp3) is 0.417. The number of amidine groups is 1. The molecule has 3 aliphatic heterocycles. The van der Waals surface area contributed by atoms with Gasteiger partial charge in [0.15, 0.2) is 0 Å². The Morgan fingerprint density at radius 3 is 2.73 bits per heavy atom. The molecule has 9 heteroatoms. The first kappa shape index (κ1) is 23.2. The highest BCUT2D eigenvalue weighted by molar-refractivity contribution is 6.22. The van der Waals surface area contributed by atoms with Crippen LogP contribution >= 0.6 is 0 Å². The molecule has 4 rings (SSSR count). The number of hydrogen-bond donors (Lipinski definition) is 1. The lowest BCUT2D eigenvalue weighted by atomic mass is 9.94. The van der Waals surface area contributed by atoms with Crippen molar-refractivity contribution in [1.29, 1.82) is 0 Å². The van der Waals surface area contributed by atoms with Crippen molar-refractivity contribution in [3.05, 3.63) is 70.2 Å². The number of benzene rings is 1. The molecule has 0 saturated carbocycles. The van der Waals surface area contributed by atoms with Crippen molar-refractivity contribution in [1.82, 2.24) is 10.2 Å². The molecule has 0 saturated heterocycles. The van der Waals surface area contributed by atoms with E-state index in [4.69, 9.17) is 4.74 Å². The Balaban J connectivity index is 1.64. The molecule has 0 fully saturated rings. The normalized spacial score (nSPS) is 20.9. The molecule has 176 valence electrons. The van der Waals surface area contributed by atoms with Gasteiger partial charge in [-0.2, -0.15) is 13.2 Å². The average Bonchev–Trinajstić information content (AvgIpc) is 3.07. The van der Waals surface area contributed by atoms with E-state index >= 15 is 0 Å². The fourth-order valence-corrected chi connectivity index (χ4v) is 4.14. The van der Waals surface area contributed by atoms with Crippen LogP contribution in [-0.4, -0.2) is 41.9 Å². The van der Waals surface area contributed by atoms with E-state index < -0.39 is 29.5 Å². The summed E-state index contributed by atoms with van der Waals surface area (Å²) in [6.45, 7) is 7.02. The maximum absolute atomic E-state index is 14.6. The predicted molar refractivity (Wildman–Crippen MR) is 116 cm³/mol. The Morgan fingerprint density at radius 2 is 2.06 bits per heavy atom. The van der Waals surface area contributed by atoms with Crippen LogP contribution in [0.15, 0.2) is 58.3 Å². The summed E-state index contributed by atoms with van der Waals surface area (Å²) >= 11 is 0. The molecule has 0 aromatic heterocycles. The number of halogens is 4. The van der Waals surface area contributed by atoms with Crippen molar-refractivity contribution in [3.8, 4) is 0 Å². The van der Waals surface area contributed by atoms with Crippen LogP contribution in [0.5, 0.6) is 0 Å². The van der Waals surface area contributed by atoms with E-state index in [0.29, 0.717) is 43.7 Å². The summed E-state index contributed by atoms with van der Waals surface area (Å²) in [7, 11) is 0. The van der Waals surface area contributed by atoms with Gasteiger partial charge < -0.3 is 15.0 Å². The molecule has 0 bridgehead atoms. The first-order valence-electron chi connectivity index (χ1n) is 10.7. The zero-order chi connectivity index (χ0) is 24.0. The van der Waals surface area contributed by atoms with E-state index in [1.807, 2.05) is 31.0 Å². The summed E-state index contributed by atoms with van der Waals surface area (Å²) in [6, 6.07) is 2.07. The van der Waals surface area contributed by atoms with Crippen molar-refractivity contribution in [2.75, 3.05) is 19.8 Å². The first-order valence-corrected chi connectivity index (χ1v) is 10.7. The summed E-state index contributed by atoms with van der Waals surface area (Å²) < 4.78 is 59.3. The summed E-state index contributed by atoms with van der Waals surface area (Å²) in [6.07, 6.45) is 1.54. The van der Waals surface area contributed by atoms with Crippen LogP contribution in [0.25, 0.3) is 0 Å². The second kappa shape index (κ2) is 8.44. The number of rotatable bonds is 4. The van der Waals surface area contributed by atoms with Crippen LogP contribution in [0.2, 0.25) is 0 Å². The molecule has 0 aliphatic carbocycles. The summed E-state index contributed by atoms with van der Waals surface area (Å²) in [5, 5.41) is 2.66. The van der Waals surface area contributed by atoms with E-state index in [1.165, 1.54) is 13.0 Å². The molecule has 1 amide bonds. The molecular formula is C24H25F4N3O2. The smallest absolute Gasteiger partial charge is 0.377 e. The molecule has 0 radical (unpaired) electrons. The van der Waals surface area contributed by atoms with E-state index in [2.05, 4.69) is 10.3 Å². The summed E-state index contributed by atoms with van der Waals surface area (Å²) in [5.74, 6) is -1.42. The fourth-order valence-electron chi connectivity index (χ4n) is 4.14. The van der Waals surface area contributed by atoms with Crippen LogP contribution in [0.4, 0.5) is 17.6 Å². The minimum Gasteiger partial charge on any atom is -0.377 e. The van der Waals surface area contributed by atoms with Gasteiger partial charge in [-0.3, -0.25) is 9.79 Å². The molecule has 1 aromatic rings. The third-order valence-corrected chi connectivity index (χ3v) is 6.03. The molecular weight excluding hydrogens is 438 g/mol. The number of fused-ring (bicyclic) bond motifs is 1. The number of nitrogens with zero attached hydrogens (tertiary/aromatic N) is 2. The Morgan fingerprint density at radius 1 is 1.30 bits per heavy atom. The summed E-state index contributed by atoms with van der Waals surface area (Å²) in [5.41, 5.74) is 0.265. The van der Waals surface area contributed by atoms with Crippen LogP contribution < -0.4 is 5.32 Å². The molecule has 1 N–H and O–H groups in total. The van der Waals surface area contributed by atoms with Crippen LogP contribution in [-0.2, 0) is 15.7 Å². The Hall–Kier alpha value is -2.94. The Bertz CT molecular complexity index is 1100. The maximum atomic E-state index is 14.6. The lowest BCUT2D eigenvalue weighted by molar-refractivity contribution is -0.140. The van der Waals surface area contributed by atoms with Gasteiger partial charge in [0, 0.05) is 11.8 Å². The SMILES string of the molecule is C[C@@H](NC(=O)C1=CC(C2=CCOCC2)=CN2C1=NCC2(C)C)c1cccc(C(F)(F)F)c1F. The minimum absolute atomic E-state index is 0.233. The van der Waals surface area contributed by atoms with Gasteiger partial charge in [-0.1, -0.05) is 18.2 Å². The second-order valence-corrected chi connectivity index (χ2v) is 8.92. The van der Waals surface area contributed by atoms with Gasteiger partial charge in [0.1, 0.15) is 11.7 Å². The molecule has 33 heavy (non-hydrogen) atoms. The van der Waals surface area contributed by atoms with E-state index in [1.54, 1.807) is 6.08 Å². The van der Waals surface area contributed by atoms with Crippen LogP contribution in [0.3, 0.4) is 0 Å². The summed E-state index contributed by atoms with van der Waals surface area (Å²) in [4.78, 5) is 19.7. The van der Waals surface area contributed by atoms with Crippen molar-refractivity contribution in [2.45, 2.75) is 44.9 Å². The van der Waals surface area contributed by atoms with Gasteiger partial charge in [-0.25, -0.2) is 4.39 Å². The lowest BCUT2D eigenvalue weighted by Crippen LogP contribution is -2.45. The highest BCUT2D eigenvalue weighted by Crippen LogP contribution is 2.35. The van der Waals surface area contributed by atoms with E-state index in [0.717, 1.165) is 17.2 Å². The standard InChI is InChI=1S/C24H25F4N3O2/c1-14(17-5-4-6-19(20(17)25)24(26,27)28)30-22(32)18-11-16(15-7-9-33-10-8-15)12-31-21(18)29-13-23(31,2)3/h4-7,11-12,14H,8-10,13H2,1-3H3,(H,30,32)/t14-/m1/s1. The zero-order valence-corrected chi connectivity index (χ0v) is 18.6. The highest BCUT2D eigenvalue weighted by Gasteiger charge is 2.40. The van der Waals surface area contributed by atoms with Gasteiger partial charge in [0.05, 0.1) is 42.5 Å². The molecule has 1 aromatic carbocycles. The topological polar surface area (TPSA) is 53.9 Å². The monoisotopic (exact) mass is 463 g/mol. The minimum atomic E-state index is -4.82. The third kappa shape index (κ3) is 4.46. The lowest BCUT2D eigenvalue weighted by Gasteiger charge is -2.35. The number of amides is 1. The number of nitrogens with one attached hydrogen (secondary N) is 1. The molecule has 0 spiro atoms. The van der Waals surface area contributed by atoms with Gasteiger partial charge in [-0.15, -0.1) is 0 Å². The zero-order valence-electron chi connectivity index (χ0n) is 18.6. The van der Waals surface area contributed by atoms with E-state index in [-0.39, 0.29) is 11.1 Å². The molecule has 3 heterocycles. The molecule has 3 aliphatic rings.